The van der Waals surface area contributed by atoms with E-state index in [-0.39, 0.29) is 12.1 Å². The first-order valence-electron chi connectivity index (χ1n) is 8.71. The number of aliphatic carboxylic acids is 1. The molecule has 134 valence electrons. The average Bonchev–Trinajstić information content (AvgIpc) is 2.58. The molecule has 2 heterocycles. The van der Waals surface area contributed by atoms with Crippen LogP contribution in [0.2, 0.25) is 0 Å². The zero-order valence-corrected chi connectivity index (χ0v) is 14.4. The molecule has 3 rings (SSSR count). The van der Waals surface area contributed by atoms with Crippen LogP contribution < -0.4 is 5.56 Å². The molecule has 1 aromatic carbocycles. The maximum absolute atomic E-state index is 12.3. The van der Waals surface area contributed by atoms with E-state index in [1.807, 2.05) is 42.2 Å². The molecule has 1 fully saturated rings. The molecule has 25 heavy (non-hydrogen) atoms. The molecule has 6 nitrogen and oxygen atoms in total. The molecule has 6 heteroatoms. The smallest absolute Gasteiger partial charge is 0.313 e. The Balaban J connectivity index is 1.87. The summed E-state index contributed by atoms with van der Waals surface area (Å²) in [7, 11) is 0. The number of carboxylic acids is 1. The molecular weight excluding hydrogens is 320 g/mol. The standard InChI is InChI=1S/C19H24N2O4/c1-2-8-19(18(24)25)12-21(9-7-16(19)22)11-14-10-13-5-3-4-6-15(13)20-17(14)23/h3-6,10,16,22H,2,7-9,11-12H2,1H3,(H,20,23)(H,24,25)/t16-,19-/m0/s1. The van der Waals surface area contributed by atoms with Crippen LogP contribution in [0, 0.1) is 5.41 Å². The lowest BCUT2D eigenvalue weighted by Gasteiger charge is -2.43. The van der Waals surface area contributed by atoms with Crippen molar-refractivity contribution in [2.75, 3.05) is 13.1 Å². The third-order valence-corrected chi connectivity index (χ3v) is 5.21. The number of aliphatic hydroxyl groups excluding tert-OH is 1. The van der Waals surface area contributed by atoms with Crippen molar-refractivity contribution in [1.29, 1.82) is 0 Å². The van der Waals surface area contributed by atoms with Gasteiger partial charge in [0.2, 0.25) is 0 Å². The number of benzene rings is 1. The molecule has 1 aliphatic rings. The normalized spacial score (nSPS) is 24.5. The van der Waals surface area contributed by atoms with Crippen molar-refractivity contribution in [3.8, 4) is 0 Å². The minimum atomic E-state index is -1.16. The zero-order chi connectivity index (χ0) is 18.0. The number of hydrogen-bond donors (Lipinski definition) is 3. The maximum Gasteiger partial charge on any atom is 0.313 e. The highest BCUT2D eigenvalue weighted by atomic mass is 16.4. The van der Waals surface area contributed by atoms with Crippen LogP contribution in [0.4, 0.5) is 0 Å². The molecule has 2 aromatic rings. The summed E-state index contributed by atoms with van der Waals surface area (Å²) in [5, 5.41) is 21.0. The highest BCUT2D eigenvalue weighted by molar-refractivity contribution is 5.78. The predicted octanol–water partition coefficient (Wildman–Crippen LogP) is 1.97. The Hall–Kier alpha value is -2.18. The van der Waals surface area contributed by atoms with Crippen LogP contribution in [0.3, 0.4) is 0 Å². The molecule has 1 aromatic heterocycles. The fourth-order valence-corrected chi connectivity index (χ4v) is 3.86. The summed E-state index contributed by atoms with van der Waals surface area (Å²) < 4.78 is 0. The van der Waals surface area contributed by atoms with Gasteiger partial charge in [-0.3, -0.25) is 14.5 Å². The van der Waals surface area contributed by atoms with Crippen LogP contribution in [0.1, 0.15) is 31.7 Å². The van der Waals surface area contributed by atoms with Gasteiger partial charge >= 0.3 is 5.97 Å². The lowest BCUT2D eigenvalue weighted by atomic mass is 9.74. The summed E-state index contributed by atoms with van der Waals surface area (Å²) in [6.45, 7) is 3.13. The number of pyridine rings is 1. The second-order valence-electron chi connectivity index (χ2n) is 6.94. The van der Waals surface area contributed by atoms with E-state index in [4.69, 9.17) is 0 Å². The number of nitrogens with zero attached hydrogens (tertiary/aromatic N) is 1. The molecular formula is C19H24N2O4. The number of aliphatic hydroxyl groups is 1. The van der Waals surface area contributed by atoms with E-state index < -0.39 is 17.5 Å². The summed E-state index contributed by atoms with van der Waals surface area (Å²) in [4.78, 5) is 29.1. The summed E-state index contributed by atoms with van der Waals surface area (Å²) in [6.07, 6.45) is 0.663. The van der Waals surface area contributed by atoms with Crippen molar-refractivity contribution in [3.05, 3.63) is 46.2 Å². The fourth-order valence-electron chi connectivity index (χ4n) is 3.86. The van der Waals surface area contributed by atoms with Crippen LogP contribution >= 0.6 is 0 Å². The van der Waals surface area contributed by atoms with Gasteiger partial charge in [0.05, 0.1) is 6.10 Å². The molecule has 0 radical (unpaired) electrons. The number of carbonyl (C=O) groups is 1. The van der Waals surface area contributed by atoms with Crippen molar-refractivity contribution in [3.63, 3.8) is 0 Å². The molecule has 0 unspecified atom stereocenters. The largest absolute Gasteiger partial charge is 0.481 e. The van der Waals surface area contributed by atoms with E-state index in [1.165, 1.54) is 0 Å². The number of hydrogen-bond acceptors (Lipinski definition) is 4. The number of aromatic amines is 1. The van der Waals surface area contributed by atoms with Crippen molar-refractivity contribution < 1.29 is 15.0 Å². The number of likely N-dealkylation sites (tertiary alicyclic amines) is 1. The highest BCUT2D eigenvalue weighted by Crippen LogP contribution is 2.36. The van der Waals surface area contributed by atoms with Gasteiger partial charge in [0.25, 0.3) is 5.56 Å². The highest BCUT2D eigenvalue weighted by Gasteiger charge is 2.48. The molecule has 0 saturated carbocycles. The summed E-state index contributed by atoms with van der Waals surface area (Å²) in [5.41, 5.74) is 0.0969. The maximum atomic E-state index is 12.3. The van der Waals surface area contributed by atoms with Gasteiger partial charge in [-0.15, -0.1) is 0 Å². The quantitative estimate of drug-likeness (QED) is 0.771. The molecule has 0 bridgehead atoms. The molecule has 3 N–H and O–H groups in total. The summed E-state index contributed by atoms with van der Waals surface area (Å²) in [6, 6.07) is 9.44. The van der Waals surface area contributed by atoms with Crippen LogP contribution in [0.5, 0.6) is 0 Å². The monoisotopic (exact) mass is 344 g/mol. The minimum Gasteiger partial charge on any atom is -0.481 e. The molecule has 1 aliphatic heterocycles. The number of piperidine rings is 1. The SMILES string of the molecule is CCC[C@]1(C(=O)O)CN(Cc2cc3ccccc3[nH]c2=O)CC[C@@H]1O. The van der Waals surface area contributed by atoms with Crippen LogP contribution in [0.15, 0.2) is 35.1 Å². The third kappa shape index (κ3) is 3.32. The van der Waals surface area contributed by atoms with E-state index in [0.717, 1.165) is 10.9 Å². The number of carboxylic acid groups (broad SMARTS) is 1. The number of fused-ring (bicyclic) bond motifs is 1. The van der Waals surface area contributed by atoms with E-state index in [1.54, 1.807) is 0 Å². The molecule has 0 aliphatic carbocycles. The van der Waals surface area contributed by atoms with E-state index >= 15 is 0 Å². The van der Waals surface area contributed by atoms with Gasteiger partial charge in [-0.2, -0.15) is 0 Å². The van der Waals surface area contributed by atoms with Gasteiger partial charge in [-0.25, -0.2) is 0 Å². The van der Waals surface area contributed by atoms with Gasteiger partial charge in [-0.1, -0.05) is 31.5 Å². The van der Waals surface area contributed by atoms with Crippen molar-refractivity contribution >= 4 is 16.9 Å². The minimum absolute atomic E-state index is 0.152. The summed E-state index contributed by atoms with van der Waals surface area (Å²) in [5.74, 6) is -0.959. The molecule has 1 saturated heterocycles. The van der Waals surface area contributed by atoms with Crippen molar-refractivity contribution in [2.24, 2.45) is 5.41 Å². The van der Waals surface area contributed by atoms with Crippen LogP contribution in [0.25, 0.3) is 10.9 Å². The van der Waals surface area contributed by atoms with Crippen molar-refractivity contribution in [2.45, 2.75) is 38.8 Å². The molecule has 2 atom stereocenters. The lowest BCUT2D eigenvalue weighted by Crippen LogP contribution is -2.55. The zero-order valence-electron chi connectivity index (χ0n) is 14.4. The Labute approximate surface area is 146 Å². The third-order valence-electron chi connectivity index (χ3n) is 5.21. The van der Waals surface area contributed by atoms with E-state index in [0.29, 0.717) is 37.9 Å². The first-order valence-corrected chi connectivity index (χ1v) is 8.71. The van der Waals surface area contributed by atoms with Gasteiger partial charge in [0.15, 0.2) is 0 Å². The number of para-hydroxylation sites is 1. The Kier molecular flexibility index (Phi) is 4.92. The number of aromatic nitrogens is 1. The first-order chi connectivity index (χ1) is 12.0. The van der Waals surface area contributed by atoms with Crippen LogP contribution in [-0.2, 0) is 11.3 Å². The topological polar surface area (TPSA) is 93.6 Å². The molecule has 0 spiro atoms. The van der Waals surface area contributed by atoms with Gasteiger partial charge in [-0.05, 0) is 30.4 Å². The fraction of sp³-hybridized carbons (Fsp3) is 0.474. The van der Waals surface area contributed by atoms with Gasteiger partial charge < -0.3 is 15.2 Å². The van der Waals surface area contributed by atoms with E-state index in [2.05, 4.69) is 4.98 Å². The predicted molar refractivity (Wildman–Crippen MR) is 95.4 cm³/mol. The Morgan fingerprint density at radius 3 is 2.88 bits per heavy atom. The Morgan fingerprint density at radius 1 is 1.40 bits per heavy atom. The first kappa shape index (κ1) is 17.6. The lowest BCUT2D eigenvalue weighted by molar-refractivity contribution is -0.164. The Bertz CT molecular complexity index is 832. The molecule has 0 amide bonds. The van der Waals surface area contributed by atoms with Crippen molar-refractivity contribution in [1.82, 2.24) is 9.88 Å². The number of rotatable bonds is 5. The Morgan fingerprint density at radius 2 is 2.16 bits per heavy atom. The number of nitrogens with one attached hydrogen (secondary N) is 1. The summed E-state index contributed by atoms with van der Waals surface area (Å²) >= 11 is 0. The second kappa shape index (κ2) is 6.98. The van der Waals surface area contributed by atoms with E-state index in [9.17, 15) is 19.8 Å². The number of H-pyrrole nitrogens is 1. The van der Waals surface area contributed by atoms with Gasteiger partial charge in [0.1, 0.15) is 5.41 Å². The average molecular weight is 344 g/mol. The van der Waals surface area contributed by atoms with Crippen LogP contribution in [-0.4, -0.2) is 45.3 Å². The van der Waals surface area contributed by atoms with Gasteiger partial charge in [0, 0.05) is 30.7 Å². The second-order valence-corrected chi connectivity index (χ2v) is 6.94.